The van der Waals surface area contributed by atoms with Crippen LogP contribution in [0.1, 0.15) is 11.1 Å². The Morgan fingerprint density at radius 1 is 0.963 bits per heavy atom. The summed E-state index contributed by atoms with van der Waals surface area (Å²) in [4.78, 5) is 21.4. The molecule has 132 valence electrons. The van der Waals surface area contributed by atoms with E-state index < -0.39 is 0 Å². The maximum absolute atomic E-state index is 12.6. The van der Waals surface area contributed by atoms with Crippen molar-refractivity contribution in [2.45, 2.75) is 0 Å². The lowest BCUT2D eigenvalue weighted by atomic mass is 10.1. The number of aromatic nitrogens is 1. The normalized spacial score (nSPS) is 15.4. The van der Waals surface area contributed by atoms with Gasteiger partial charge in [-0.3, -0.25) is 15.2 Å². The number of para-hydroxylation sites is 2. The molecular weight excluding hydrogens is 340 g/mol. The van der Waals surface area contributed by atoms with Crippen LogP contribution in [0.3, 0.4) is 0 Å². The van der Waals surface area contributed by atoms with Crippen molar-refractivity contribution in [1.29, 1.82) is 0 Å². The Kier molecular flexibility index (Phi) is 4.37. The highest BCUT2D eigenvalue weighted by Crippen LogP contribution is 2.24. The van der Waals surface area contributed by atoms with E-state index in [9.17, 15) is 9.90 Å². The Labute approximate surface area is 156 Å². The van der Waals surface area contributed by atoms with Gasteiger partial charge in [0.1, 0.15) is 11.4 Å². The lowest BCUT2D eigenvalue weighted by Gasteiger charge is -2.30. The van der Waals surface area contributed by atoms with E-state index in [1.165, 1.54) is 0 Å². The van der Waals surface area contributed by atoms with Gasteiger partial charge in [0.15, 0.2) is 5.84 Å². The van der Waals surface area contributed by atoms with Crippen LogP contribution in [0.2, 0.25) is 0 Å². The first-order chi connectivity index (χ1) is 13.2. The number of rotatable bonds is 3. The minimum absolute atomic E-state index is 0.0846. The Balaban J connectivity index is 1.84. The number of nitrogens with zero attached hydrogens (tertiary/aromatic N) is 3. The number of aromatic hydroxyl groups is 1. The number of aliphatic imine (C=N–C) groups is 1. The third kappa shape index (κ3) is 3.41. The van der Waals surface area contributed by atoms with Gasteiger partial charge in [0.05, 0.1) is 5.69 Å². The molecule has 0 bridgehead atoms. The molecule has 0 unspecified atom stereocenters. The molecule has 0 saturated heterocycles. The molecule has 0 spiro atoms. The lowest BCUT2D eigenvalue weighted by molar-refractivity contribution is -0.117. The zero-order valence-electron chi connectivity index (χ0n) is 14.3. The van der Waals surface area contributed by atoms with Crippen molar-refractivity contribution in [2.75, 3.05) is 5.01 Å². The second kappa shape index (κ2) is 7.13. The number of phenolic OH excluding ortho intramolecular Hbond substituents is 1. The second-order valence-electron chi connectivity index (χ2n) is 5.88. The predicted molar refractivity (Wildman–Crippen MR) is 104 cm³/mol. The minimum atomic E-state index is -0.366. The van der Waals surface area contributed by atoms with Crippen molar-refractivity contribution >= 4 is 23.5 Å². The lowest BCUT2D eigenvalue weighted by Crippen LogP contribution is -2.50. The first-order valence-electron chi connectivity index (χ1n) is 8.37. The van der Waals surface area contributed by atoms with Gasteiger partial charge >= 0.3 is 0 Å². The van der Waals surface area contributed by atoms with E-state index in [4.69, 9.17) is 0 Å². The zero-order valence-corrected chi connectivity index (χ0v) is 14.3. The van der Waals surface area contributed by atoms with Crippen molar-refractivity contribution in [3.8, 4) is 5.75 Å². The van der Waals surface area contributed by atoms with E-state index >= 15 is 0 Å². The number of amidine groups is 1. The average Bonchev–Trinajstić information content (AvgIpc) is 2.72. The number of phenols is 1. The number of carbonyl (C=O) groups excluding carboxylic acids is 1. The van der Waals surface area contributed by atoms with E-state index in [0.29, 0.717) is 11.4 Å². The van der Waals surface area contributed by atoms with Gasteiger partial charge in [0.2, 0.25) is 0 Å². The molecule has 27 heavy (non-hydrogen) atoms. The van der Waals surface area contributed by atoms with Crippen LogP contribution in [0, 0.1) is 0 Å². The molecule has 6 nitrogen and oxygen atoms in total. The molecule has 2 N–H and O–H groups in total. The van der Waals surface area contributed by atoms with E-state index in [-0.39, 0.29) is 17.4 Å². The fourth-order valence-corrected chi connectivity index (χ4v) is 2.73. The topological polar surface area (TPSA) is 77.8 Å². The molecule has 0 atom stereocenters. The first kappa shape index (κ1) is 16.5. The quantitative estimate of drug-likeness (QED) is 0.707. The number of benzene rings is 2. The van der Waals surface area contributed by atoms with Crippen molar-refractivity contribution in [3.63, 3.8) is 0 Å². The number of hydrogen-bond donors (Lipinski definition) is 2. The number of hydrazine groups is 1. The Morgan fingerprint density at radius 3 is 2.48 bits per heavy atom. The van der Waals surface area contributed by atoms with Gasteiger partial charge < -0.3 is 5.11 Å². The van der Waals surface area contributed by atoms with Crippen LogP contribution >= 0.6 is 0 Å². The van der Waals surface area contributed by atoms with Gasteiger partial charge in [0, 0.05) is 23.5 Å². The highest BCUT2D eigenvalue weighted by atomic mass is 16.3. The van der Waals surface area contributed by atoms with Crippen LogP contribution in [-0.4, -0.2) is 21.8 Å². The predicted octanol–water partition coefficient (Wildman–Crippen LogP) is 3.13. The van der Waals surface area contributed by atoms with Gasteiger partial charge in [-0.25, -0.2) is 10.0 Å². The van der Waals surface area contributed by atoms with E-state index in [0.717, 1.165) is 11.3 Å². The molecule has 6 heteroatoms. The summed E-state index contributed by atoms with van der Waals surface area (Å²) in [6.07, 6.45) is 4.92. The summed E-state index contributed by atoms with van der Waals surface area (Å²) in [5.74, 6) is 0.256. The number of pyridine rings is 1. The fourth-order valence-electron chi connectivity index (χ4n) is 2.73. The maximum atomic E-state index is 12.6. The molecule has 2 heterocycles. The molecule has 1 aromatic heterocycles. The maximum Gasteiger partial charge on any atom is 0.288 e. The third-order valence-electron chi connectivity index (χ3n) is 4.05. The van der Waals surface area contributed by atoms with Crippen LogP contribution in [0.5, 0.6) is 5.75 Å². The van der Waals surface area contributed by atoms with Gasteiger partial charge in [-0.15, -0.1) is 0 Å². The monoisotopic (exact) mass is 356 g/mol. The van der Waals surface area contributed by atoms with Crippen molar-refractivity contribution < 1.29 is 9.90 Å². The largest absolute Gasteiger partial charge is 0.507 e. The van der Waals surface area contributed by atoms with Crippen LogP contribution in [-0.2, 0) is 4.79 Å². The number of nitrogens with one attached hydrogen (secondary N) is 1. The molecule has 3 aromatic rings. The minimum Gasteiger partial charge on any atom is -0.507 e. The van der Waals surface area contributed by atoms with Crippen molar-refractivity contribution in [3.05, 3.63) is 95.9 Å². The summed E-state index contributed by atoms with van der Waals surface area (Å²) >= 11 is 0. The Hall–Kier alpha value is -3.93. The molecule has 4 rings (SSSR count). The summed E-state index contributed by atoms with van der Waals surface area (Å²) in [7, 11) is 0. The van der Waals surface area contributed by atoms with E-state index in [1.807, 2.05) is 42.5 Å². The van der Waals surface area contributed by atoms with Crippen molar-refractivity contribution in [1.82, 2.24) is 10.4 Å². The summed E-state index contributed by atoms with van der Waals surface area (Å²) in [6, 6.07) is 19.9. The third-order valence-corrected chi connectivity index (χ3v) is 4.05. The fraction of sp³-hybridized carbons (Fsp3) is 0. The Morgan fingerprint density at radius 2 is 1.74 bits per heavy atom. The summed E-state index contributed by atoms with van der Waals surface area (Å²) < 4.78 is 0. The molecule has 1 aliphatic rings. The smallest absolute Gasteiger partial charge is 0.288 e. The number of carbonyl (C=O) groups is 1. The number of hydrogen-bond acceptors (Lipinski definition) is 5. The highest BCUT2D eigenvalue weighted by molar-refractivity contribution is 6.17. The van der Waals surface area contributed by atoms with Crippen LogP contribution in [0.25, 0.3) is 6.08 Å². The molecule has 0 radical (unpaired) electrons. The van der Waals surface area contributed by atoms with Crippen LogP contribution in [0.4, 0.5) is 5.69 Å². The number of anilines is 1. The van der Waals surface area contributed by atoms with E-state index in [2.05, 4.69) is 15.4 Å². The molecule has 0 saturated carbocycles. The van der Waals surface area contributed by atoms with E-state index in [1.54, 1.807) is 47.7 Å². The number of amides is 1. The summed E-state index contributed by atoms with van der Waals surface area (Å²) in [6.45, 7) is 0. The van der Waals surface area contributed by atoms with Gasteiger partial charge in [-0.05, 0) is 36.4 Å². The molecule has 0 aliphatic carbocycles. The second-order valence-corrected chi connectivity index (χ2v) is 5.88. The first-order valence-corrected chi connectivity index (χ1v) is 8.37. The molecular formula is C21H16N4O2. The van der Waals surface area contributed by atoms with Gasteiger partial charge in [-0.2, -0.15) is 0 Å². The Bertz CT molecular complexity index is 1030. The zero-order chi connectivity index (χ0) is 18.6. The standard InChI is InChI=1S/C21H16N4O2/c26-19-11-5-4-7-15(19)13-18-21(27)24-25(17-9-2-1-3-10-17)20(23-18)16-8-6-12-22-14-16/h1-14,26H,(H,24,27)/b18-13+. The molecule has 0 fully saturated rings. The summed E-state index contributed by atoms with van der Waals surface area (Å²) in [5.41, 5.74) is 5.10. The van der Waals surface area contributed by atoms with Gasteiger partial charge in [-0.1, -0.05) is 36.4 Å². The average molecular weight is 356 g/mol. The molecule has 2 aromatic carbocycles. The van der Waals surface area contributed by atoms with Gasteiger partial charge in [0.25, 0.3) is 5.91 Å². The highest BCUT2D eigenvalue weighted by Gasteiger charge is 2.26. The SMILES string of the molecule is O=C1NN(c2ccccc2)C(c2cccnc2)=N/C1=C/c1ccccc1O. The van der Waals surface area contributed by atoms with Crippen molar-refractivity contribution in [2.24, 2.45) is 4.99 Å². The van der Waals surface area contributed by atoms with Crippen LogP contribution in [0.15, 0.2) is 89.8 Å². The molecule has 1 amide bonds. The summed E-state index contributed by atoms with van der Waals surface area (Å²) in [5, 5.41) is 11.6. The van der Waals surface area contributed by atoms with Crippen LogP contribution < -0.4 is 10.4 Å². The molecule has 1 aliphatic heterocycles.